The molecule has 2 aromatic carbocycles. The van der Waals surface area contributed by atoms with Gasteiger partial charge in [0.25, 0.3) is 0 Å². The van der Waals surface area contributed by atoms with Crippen molar-refractivity contribution in [2.75, 3.05) is 18.9 Å². The first-order chi connectivity index (χ1) is 11.4. The second-order valence-corrected chi connectivity index (χ2v) is 5.65. The minimum absolute atomic E-state index is 0.0635. The number of rotatable bonds is 5. The van der Waals surface area contributed by atoms with Crippen molar-refractivity contribution in [3.63, 3.8) is 0 Å². The number of thiocarbonyl (C=S) groups is 1. The van der Waals surface area contributed by atoms with Crippen molar-refractivity contribution in [3.8, 4) is 11.5 Å². The lowest BCUT2D eigenvalue weighted by Crippen LogP contribution is -2.33. The zero-order valence-electron chi connectivity index (χ0n) is 13.1. The van der Waals surface area contributed by atoms with E-state index in [0.29, 0.717) is 23.8 Å². The van der Waals surface area contributed by atoms with E-state index in [2.05, 4.69) is 5.32 Å². The number of aromatic carboxylic acids is 1. The number of hydrogen-bond acceptors (Lipinski definition) is 4. The van der Waals surface area contributed by atoms with Gasteiger partial charge < -0.3 is 25.5 Å². The third-order valence-corrected chi connectivity index (χ3v) is 3.94. The van der Waals surface area contributed by atoms with Crippen molar-refractivity contribution >= 4 is 29.0 Å². The number of benzene rings is 2. The van der Waals surface area contributed by atoms with Crippen molar-refractivity contribution in [3.05, 3.63) is 53.6 Å². The minimum Gasteiger partial charge on any atom is -0.508 e. The summed E-state index contributed by atoms with van der Waals surface area (Å²) in [6.07, 6.45) is 0.590. The number of phenolic OH excluding ortho intramolecular Hbond substituents is 2. The maximum atomic E-state index is 11.2. The fraction of sp³-hybridized carbons (Fsp3) is 0.176. The molecular formula is C17H18N2O4S. The summed E-state index contributed by atoms with van der Waals surface area (Å²) >= 11 is 5.28. The average molecular weight is 346 g/mol. The quantitative estimate of drug-likeness (QED) is 0.488. The Labute approximate surface area is 145 Å². The fourth-order valence-corrected chi connectivity index (χ4v) is 2.34. The first kappa shape index (κ1) is 17.6. The molecule has 7 heteroatoms. The van der Waals surface area contributed by atoms with Gasteiger partial charge in [0, 0.05) is 13.6 Å². The topological polar surface area (TPSA) is 93.0 Å². The molecule has 24 heavy (non-hydrogen) atoms. The second kappa shape index (κ2) is 7.65. The lowest BCUT2D eigenvalue weighted by Gasteiger charge is -2.22. The highest BCUT2D eigenvalue weighted by molar-refractivity contribution is 7.80. The Morgan fingerprint density at radius 1 is 1.21 bits per heavy atom. The molecule has 0 radical (unpaired) electrons. The van der Waals surface area contributed by atoms with E-state index in [1.807, 2.05) is 12.1 Å². The minimum atomic E-state index is -1.16. The van der Waals surface area contributed by atoms with Gasteiger partial charge in [0.15, 0.2) is 5.11 Å². The lowest BCUT2D eigenvalue weighted by molar-refractivity contribution is 0.0697. The van der Waals surface area contributed by atoms with Crippen molar-refractivity contribution in [1.29, 1.82) is 0 Å². The van der Waals surface area contributed by atoms with Gasteiger partial charge in [0.1, 0.15) is 11.5 Å². The van der Waals surface area contributed by atoms with Crippen LogP contribution >= 0.6 is 12.2 Å². The first-order valence-electron chi connectivity index (χ1n) is 7.24. The number of phenols is 2. The zero-order valence-corrected chi connectivity index (χ0v) is 13.9. The fourth-order valence-electron chi connectivity index (χ4n) is 2.14. The Hall–Kier alpha value is -2.80. The Morgan fingerprint density at radius 3 is 2.58 bits per heavy atom. The molecule has 0 saturated heterocycles. The summed E-state index contributed by atoms with van der Waals surface area (Å²) < 4.78 is 0. The van der Waals surface area contributed by atoms with Crippen LogP contribution in [0, 0.1) is 0 Å². The number of carbonyl (C=O) groups is 1. The summed E-state index contributed by atoms with van der Waals surface area (Å²) in [4.78, 5) is 13.0. The molecule has 0 aliphatic heterocycles. The molecule has 0 unspecified atom stereocenters. The third-order valence-electron chi connectivity index (χ3n) is 3.53. The molecule has 2 aromatic rings. The normalized spacial score (nSPS) is 10.2. The number of likely N-dealkylation sites (N-methyl/N-ethyl adjacent to an activating group) is 1. The van der Waals surface area contributed by atoms with Crippen molar-refractivity contribution in [2.45, 2.75) is 6.42 Å². The number of carboxylic acids is 1. The molecule has 6 nitrogen and oxygen atoms in total. The summed E-state index contributed by atoms with van der Waals surface area (Å²) in [5.41, 5.74) is 1.05. The molecule has 4 N–H and O–H groups in total. The van der Waals surface area contributed by atoms with Gasteiger partial charge in [-0.2, -0.15) is 0 Å². The molecule has 0 aliphatic carbocycles. The van der Waals surface area contributed by atoms with Crippen LogP contribution < -0.4 is 5.32 Å². The highest BCUT2D eigenvalue weighted by Crippen LogP contribution is 2.22. The summed E-state index contributed by atoms with van der Waals surface area (Å²) in [5.74, 6) is -1.05. The van der Waals surface area contributed by atoms with E-state index in [1.54, 1.807) is 24.1 Å². The van der Waals surface area contributed by atoms with Gasteiger partial charge in [-0.15, -0.1) is 0 Å². The van der Waals surface area contributed by atoms with Gasteiger partial charge in [-0.05, 0) is 48.5 Å². The van der Waals surface area contributed by atoms with E-state index in [4.69, 9.17) is 12.2 Å². The third kappa shape index (κ3) is 4.36. The van der Waals surface area contributed by atoms with Crippen LogP contribution in [0.1, 0.15) is 15.9 Å². The van der Waals surface area contributed by atoms with Crippen LogP contribution in [0.3, 0.4) is 0 Å². The predicted molar refractivity (Wildman–Crippen MR) is 95.7 cm³/mol. The van der Waals surface area contributed by atoms with Crippen LogP contribution in [-0.2, 0) is 6.42 Å². The van der Waals surface area contributed by atoms with E-state index in [0.717, 1.165) is 11.6 Å². The smallest absolute Gasteiger partial charge is 0.337 e. The molecule has 0 bridgehead atoms. The maximum absolute atomic E-state index is 11.2. The van der Waals surface area contributed by atoms with Crippen molar-refractivity contribution in [2.24, 2.45) is 0 Å². The Bertz CT molecular complexity index is 764. The number of aromatic hydroxyl groups is 2. The Kier molecular flexibility index (Phi) is 5.59. The predicted octanol–water partition coefficient (Wildman–Crippen LogP) is 2.67. The van der Waals surface area contributed by atoms with Crippen LogP contribution in [-0.4, -0.2) is 44.9 Å². The average Bonchev–Trinajstić information content (AvgIpc) is 2.55. The monoisotopic (exact) mass is 346 g/mol. The van der Waals surface area contributed by atoms with E-state index >= 15 is 0 Å². The van der Waals surface area contributed by atoms with Crippen LogP contribution in [0.5, 0.6) is 11.5 Å². The summed E-state index contributed by atoms with van der Waals surface area (Å²) in [6, 6.07) is 11.1. The highest BCUT2D eigenvalue weighted by Gasteiger charge is 2.14. The molecule has 0 heterocycles. The molecule has 0 aromatic heterocycles. The van der Waals surface area contributed by atoms with Gasteiger partial charge >= 0.3 is 5.97 Å². The SMILES string of the molecule is CN(CCc1ccccc1O)C(=S)Nc1ccc(O)cc1C(=O)O. The van der Waals surface area contributed by atoms with Crippen LogP contribution in [0.2, 0.25) is 0 Å². The van der Waals surface area contributed by atoms with E-state index < -0.39 is 5.97 Å². The van der Waals surface area contributed by atoms with E-state index in [1.165, 1.54) is 12.1 Å². The molecule has 0 amide bonds. The number of hydrogen-bond donors (Lipinski definition) is 4. The van der Waals surface area contributed by atoms with Crippen molar-refractivity contribution < 1.29 is 20.1 Å². The number of carboxylic acid groups (broad SMARTS) is 1. The molecule has 0 atom stereocenters. The summed E-state index contributed by atoms with van der Waals surface area (Å²) in [6.45, 7) is 0.546. The van der Waals surface area contributed by atoms with E-state index in [-0.39, 0.29) is 17.1 Å². The lowest BCUT2D eigenvalue weighted by atomic mass is 10.1. The second-order valence-electron chi connectivity index (χ2n) is 5.27. The van der Waals surface area contributed by atoms with Crippen LogP contribution in [0.15, 0.2) is 42.5 Å². The largest absolute Gasteiger partial charge is 0.508 e. The molecule has 0 spiro atoms. The zero-order chi connectivity index (χ0) is 17.7. The van der Waals surface area contributed by atoms with Gasteiger partial charge in [-0.1, -0.05) is 18.2 Å². The Balaban J connectivity index is 2.02. The van der Waals surface area contributed by atoms with Crippen LogP contribution in [0.25, 0.3) is 0 Å². The number of anilines is 1. The standard InChI is InChI=1S/C17H18N2O4S/c1-19(9-8-11-4-2-3-5-15(11)21)17(24)18-14-7-6-12(20)10-13(14)16(22)23/h2-7,10,20-21H,8-9H2,1H3,(H,18,24)(H,22,23). The van der Waals surface area contributed by atoms with Gasteiger partial charge in [0.2, 0.25) is 0 Å². The highest BCUT2D eigenvalue weighted by atomic mass is 32.1. The number of para-hydroxylation sites is 1. The molecular weight excluding hydrogens is 328 g/mol. The van der Waals surface area contributed by atoms with Crippen LogP contribution in [0.4, 0.5) is 5.69 Å². The maximum Gasteiger partial charge on any atom is 0.337 e. The Morgan fingerprint density at radius 2 is 1.92 bits per heavy atom. The molecule has 126 valence electrons. The van der Waals surface area contributed by atoms with Crippen molar-refractivity contribution in [1.82, 2.24) is 4.90 Å². The molecule has 0 saturated carbocycles. The van der Waals surface area contributed by atoms with Gasteiger partial charge in [-0.3, -0.25) is 0 Å². The number of nitrogens with one attached hydrogen (secondary N) is 1. The number of nitrogens with zero attached hydrogens (tertiary/aromatic N) is 1. The van der Waals surface area contributed by atoms with Gasteiger partial charge in [0.05, 0.1) is 11.3 Å². The first-order valence-corrected chi connectivity index (χ1v) is 7.64. The molecule has 0 aliphatic rings. The summed E-state index contributed by atoms with van der Waals surface area (Å²) in [7, 11) is 1.77. The summed E-state index contributed by atoms with van der Waals surface area (Å²) in [5, 5.41) is 31.6. The molecule has 0 fully saturated rings. The van der Waals surface area contributed by atoms with Gasteiger partial charge in [-0.25, -0.2) is 4.79 Å². The molecule has 2 rings (SSSR count). The van der Waals surface area contributed by atoms with E-state index in [9.17, 15) is 20.1 Å².